The summed E-state index contributed by atoms with van der Waals surface area (Å²) in [6, 6.07) is 11.0. The van der Waals surface area contributed by atoms with Gasteiger partial charge in [0.25, 0.3) is 0 Å². The fraction of sp³-hybridized carbons (Fsp3) is 0.364. The van der Waals surface area contributed by atoms with E-state index in [4.69, 9.17) is 0 Å². The highest BCUT2D eigenvalue weighted by Gasteiger charge is 2.33. The van der Waals surface area contributed by atoms with Crippen molar-refractivity contribution in [1.82, 2.24) is 4.90 Å². The van der Waals surface area contributed by atoms with Gasteiger partial charge in [-0.25, -0.2) is 0 Å². The predicted octanol–water partition coefficient (Wildman–Crippen LogP) is 4.77. The molecule has 1 N–H and O–H groups in total. The first-order chi connectivity index (χ1) is 14.3. The molecule has 1 aliphatic carbocycles. The van der Waals surface area contributed by atoms with Crippen LogP contribution in [-0.2, 0) is 28.6 Å². The molecule has 3 rings (SSSR count). The van der Waals surface area contributed by atoms with Crippen LogP contribution in [-0.4, -0.2) is 35.6 Å². The zero-order valence-corrected chi connectivity index (χ0v) is 17.4. The fourth-order valence-corrected chi connectivity index (χ4v) is 4.32. The Morgan fingerprint density at radius 1 is 1.10 bits per heavy atom. The van der Waals surface area contributed by atoms with Crippen molar-refractivity contribution in [3.63, 3.8) is 0 Å². The van der Waals surface area contributed by atoms with E-state index in [-0.39, 0.29) is 30.4 Å². The highest BCUT2D eigenvalue weighted by Crippen LogP contribution is 2.34. The lowest BCUT2D eigenvalue weighted by molar-refractivity contribution is -0.137. The average Bonchev–Trinajstić information content (AvgIpc) is 3.17. The number of alkyl halides is 3. The minimum Gasteiger partial charge on any atom is -0.333 e. The number of anilines is 1. The molecule has 4 nitrogen and oxygen atoms in total. The van der Waals surface area contributed by atoms with Gasteiger partial charge in [0.1, 0.15) is 0 Å². The Balaban J connectivity index is 1.57. The Labute approximate surface area is 177 Å². The van der Waals surface area contributed by atoms with Crippen molar-refractivity contribution in [3.05, 3.63) is 59.2 Å². The summed E-state index contributed by atoms with van der Waals surface area (Å²) in [6.07, 6.45) is -1.27. The van der Waals surface area contributed by atoms with Crippen LogP contribution in [0.5, 0.6) is 0 Å². The molecule has 0 aromatic heterocycles. The van der Waals surface area contributed by atoms with Gasteiger partial charge in [-0.2, -0.15) is 13.2 Å². The lowest BCUT2D eigenvalue weighted by Crippen LogP contribution is -2.39. The van der Waals surface area contributed by atoms with Crippen LogP contribution >= 0.6 is 11.8 Å². The van der Waals surface area contributed by atoms with Crippen molar-refractivity contribution in [2.45, 2.75) is 37.3 Å². The molecule has 2 aromatic rings. The molecule has 0 heterocycles. The smallest absolute Gasteiger partial charge is 0.333 e. The first-order valence-electron chi connectivity index (χ1n) is 9.76. The highest BCUT2D eigenvalue weighted by atomic mass is 32.2. The van der Waals surface area contributed by atoms with Gasteiger partial charge >= 0.3 is 6.18 Å². The minimum atomic E-state index is -4.57. The molecule has 2 aromatic carbocycles. The number of fused-ring (bicyclic) bond motifs is 1. The summed E-state index contributed by atoms with van der Waals surface area (Å²) in [6.45, 7) is 1.72. The van der Waals surface area contributed by atoms with Crippen LogP contribution in [0.3, 0.4) is 0 Å². The number of benzene rings is 2. The zero-order chi connectivity index (χ0) is 21.7. The summed E-state index contributed by atoms with van der Waals surface area (Å²) in [5, 5.41) is 2.28. The number of halogens is 3. The van der Waals surface area contributed by atoms with Crippen LogP contribution in [0, 0.1) is 0 Å². The van der Waals surface area contributed by atoms with Gasteiger partial charge in [-0.1, -0.05) is 18.2 Å². The number of aryl methyl sites for hydroxylation is 2. The molecule has 0 unspecified atom stereocenters. The standard InChI is InChI=1S/C22H23F3N2O2S/c1-2-27(13-20(28)26-19-9-4-3-8-18(19)22(23,24)25)21(29)14-30-17-11-10-15-6-5-7-16(15)12-17/h3-4,8-12H,2,5-7,13-14H2,1H3,(H,26,28). The molecular formula is C22H23F3N2O2S. The van der Waals surface area contributed by atoms with Crippen LogP contribution in [0.2, 0.25) is 0 Å². The van der Waals surface area contributed by atoms with Crippen LogP contribution in [0.25, 0.3) is 0 Å². The number of amides is 2. The third-order valence-electron chi connectivity index (χ3n) is 5.01. The molecule has 0 atom stereocenters. The van der Waals surface area contributed by atoms with Gasteiger partial charge < -0.3 is 10.2 Å². The molecule has 160 valence electrons. The normalized spacial score (nSPS) is 13.1. The number of nitrogens with one attached hydrogen (secondary N) is 1. The van der Waals surface area contributed by atoms with Crippen LogP contribution in [0.4, 0.5) is 18.9 Å². The Morgan fingerprint density at radius 3 is 2.57 bits per heavy atom. The summed E-state index contributed by atoms with van der Waals surface area (Å²) >= 11 is 1.40. The number of likely N-dealkylation sites (N-methyl/N-ethyl adjacent to an activating group) is 1. The highest BCUT2D eigenvalue weighted by molar-refractivity contribution is 8.00. The summed E-state index contributed by atoms with van der Waals surface area (Å²) < 4.78 is 39.2. The van der Waals surface area contributed by atoms with Crippen molar-refractivity contribution in [3.8, 4) is 0 Å². The van der Waals surface area contributed by atoms with Gasteiger partial charge in [0, 0.05) is 11.4 Å². The second-order valence-corrected chi connectivity index (χ2v) is 8.12. The molecule has 0 spiro atoms. The first kappa shape index (κ1) is 22.2. The SMILES string of the molecule is CCN(CC(=O)Nc1ccccc1C(F)(F)F)C(=O)CSc1ccc2c(c1)CCC2. The average molecular weight is 436 g/mol. The number of hydrogen-bond donors (Lipinski definition) is 1. The van der Waals surface area contributed by atoms with Crippen molar-refractivity contribution < 1.29 is 22.8 Å². The lowest BCUT2D eigenvalue weighted by atomic mass is 10.1. The van der Waals surface area contributed by atoms with Crippen molar-refractivity contribution in [2.75, 3.05) is 24.2 Å². The molecule has 0 saturated heterocycles. The van der Waals surface area contributed by atoms with Crippen molar-refractivity contribution in [1.29, 1.82) is 0 Å². The summed E-state index contributed by atoms with van der Waals surface area (Å²) in [7, 11) is 0. The number of carbonyl (C=O) groups excluding carboxylic acids is 2. The van der Waals surface area contributed by atoms with E-state index >= 15 is 0 Å². The number of thioether (sulfide) groups is 1. The molecule has 0 fully saturated rings. The van der Waals surface area contributed by atoms with Crippen LogP contribution < -0.4 is 5.32 Å². The maximum Gasteiger partial charge on any atom is 0.418 e. The van der Waals surface area contributed by atoms with E-state index in [1.54, 1.807) is 6.92 Å². The summed E-state index contributed by atoms with van der Waals surface area (Å²) in [5.74, 6) is -0.731. The van der Waals surface area contributed by atoms with Crippen LogP contribution in [0.15, 0.2) is 47.4 Å². The quantitative estimate of drug-likeness (QED) is 0.636. The Bertz CT molecular complexity index is 931. The third-order valence-corrected chi connectivity index (χ3v) is 5.99. The van der Waals surface area contributed by atoms with Crippen molar-refractivity contribution >= 4 is 29.3 Å². The minimum absolute atomic E-state index is 0.166. The fourth-order valence-electron chi connectivity index (χ4n) is 3.45. The topological polar surface area (TPSA) is 49.4 Å². The van der Waals surface area contributed by atoms with E-state index in [9.17, 15) is 22.8 Å². The first-order valence-corrected chi connectivity index (χ1v) is 10.7. The number of rotatable bonds is 7. The van der Waals surface area contributed by atoms with E-state index in [0.717, 1.165) is 30.2 Å². The number of hydrogen-bond acceptors (Lipinski definition) is 3. The molecule has 0 radical (unpaired) electrons. The predicted molar refractivity (Wildman–Crippen MR) is 112 cm³/mol. The Hall–Kier alpha value is -2.48. The number of para-hydroxylation sites is 1. The molecule has 0 bridgehead atoms. The van der Waals surface area contributed by atoms with E-state index < -0.39 is 17.6 Å². The van der Waals surface area contributed by atoms with Crippen molar-refractivity contribution in [2.24, 2.45) is 0 Å². The third kappa shape index (κ3) is 5.56. The van der Waals surface area contributed by atoms with E-state index in [2.05, 4.69) is 17.4 Å². The monoisotopic (exact) mass is 436 g/mol. The van der Waals surface area contributed by atoms with E-state index in [1.807, 2.05) is 6.07 Å². The number of carbonyl (C=O) groups is 2. The largest absolute Gasteiger partial charge is 0.418 e. The van der Waals surface area contributed by atoms with Gasteiger partial charge in [-0.3, -0.25) is 9.59 Å². The van der Waals surface area contributed by atoms with Gasteiger partial charge in [0.15, 0.2) is 0 Å². The molecular weight excluding hydrogens is 413 g/mol. The molecule has 30 heavy (non-hydrogen) atoms. The maximum atomic E-state index is 13.1. The molecule has 1 aliphatic rings. The van der Waals surface area contributed by atoms with Gasteiger partial charge in [-0.05, 0) is 61.6 Å². The molecule has 2 amide bonds. The molecule has 8 heteroatoms. The summed E-state index contributed by atoms with van der Waals surface area (Å²) in [4.78, 5) is 27.2. The summed E-state index contributed by atoms with van der Waals surface area (Å²) in [5.41, 5.74) is 1.45. The second kappa shape index (κ2) is 9.55. The Morgan fingerprint density at radius 2 is 1.83 bits per heavy atom. The Kier molecular flexibility index (Phi) is 7.07. The van der Waals surface area contributed by atoms with E-state index in [1.165, 1.54) is 46.0 Å². The van der Waals surface area contributed by atoms with E-state index in [0.29, 0.717) is 0 Å². The lowest BCUT2D eigenvalue weighted by Gasteiger charge is -2.21. The van der Waals surface area contributed by atoms with Gasteiger partial charge in [-0.15, -0.1) is 11.8 Å². The van der Waals surface area contributed by atoms with Crippen LogP contribution in [0.1, 0.15) is 30.0 Å². The zero-order valence-electron chi connectivity index (χ0n) is 16.6. The molecule has 0 aliphatic heterocycles. The maximum absolute atomic E-state index is 13.1. The second-order valence-electron chi connectivity index (χ2n) is 7.07. The van der Waals surface area contributed by atoms with Gasteiger partial charge in [0.05, 0.1) is 23.5 Å². The van der Waals surface area contributed by atoms with Gasteiger partial charge in [0.2, 0.25) is 11.8 Å². The molecule has 0 saturated carbocycles. The number of nitrogens with zero attached hydrogens (tertiary/aromatic N) is 1.